The third kappa shape index (κ3) is 6.27. The highest BCUT2D eigenvalue weighted by Gasteiger charge is 2.48. The third-order valence-corrected chi connectivity index (χ3v) is 11.5. The zero-order chi connectivity index (χ0) is 31.1. The lowest BCUT2D eigenvalue weighted by Crippen LogP contribution is -2.46. The van der Waals surface area contributed by atoms with Crippen LogP contribution in [-0.4, -0.2) is 80.5 Å². The van der Waals surface area contributed by atoms with Crippen molar-refractivity contribution in [2.45, 2.75) is 36.6 Å². The predicted octanol–water partition coefficient (Wildman–Crippen LogP) is 5.77. The number of carbonyl (C=O) groups is 2. The Morgan fingerprint density at radius 1 is 0.864 bits per heavy atom. The summed E-state index contributed by atoms with van der Waals surface area (Å²) in [4.78, 5) is 33.8. The normalized spacial score (nSPS) is 22.2. The fourth-order valence-corrected chi connectivity index (χ4v) is 8.42. The van der Waals surface area contributed by atoms with Crippen LogP contribution in [0.15, 0.2) is 77.7 Å². The molecule has 10 heteroatoms. The number of piperidine rings is 1. The van der Waals surface area contributed by atoms with Crippen molar-refractivity contribution in [3.63, 3.8) is 0 Å². The molecule has 1 spiro atoms. The van der Waals surface area contributed by atoms with Crippen LogP contribution in [0.5, 0.6) is 0 Å². The van der Waals surface area contributed by atoms with Gasteiger partial charge in [0.05, 0.1) is 25.9 Å². The molecule has 0 saturated carbocycles. The summed E-state index contributed by atoms with van der Waals surface area (Å²) in [6, 6.07) is 22.4. The summed E-state index contributed by atoms with van der Waals surface area (Å²) in [5, 5.41) is 0.731. The first-order chi connectivity index (χ1) is 21.0. The van der Waals surface area contributed by atoms with Crippen molar-refractivity contribution < 1.29 is 18.0 Å². The number of halogens is 2. The number of rotatable bonds is 7. The number of hydrogen-bond donors (Lipinski definition) is 0. The lowest BCUT2D eigenvalue weighted by molar-refractivity contribution is -0.139. The van der Waals surface area contributed by atoms with E-state index >= 15 is 0 Å². The standard InChI is InChI=1S/C34H37Cl2N3O4S/c1-44(42,43)27-12-10-24(11-13-27)20-38-19-16-34(33(38)41)14-17-37(18-15-34)21-26-22-39(23-28(26)25-6-3-2-4-7-25)32(40)31-29(35)8-5-9-30(31)36/h2-13,26,28H,14-23H2,1H3. The summed E-state index contributed by atoms with van der Waals surface area (Å²) in [5.41, 5.74) is 2.18. The number of carbonyl (C=O) groups excluding carboxylic acids is 2. The van der Waals surface area contributed by atoms with Gasteiger partial charge in [-0.05, 0) is 73.7 Å². The summed E-state index contributed by atoms with van der Waals surface area (Å²) < 4.78 is 23.6. The predicted molar refractivity (Wildman–Crippen MR) is 173 cm³/mol. The fraction of sp³-hybridized carbons (Fsp3) is 0.412. The van der Waals surface area contributed by atoms with E-state index in [2.05, 4.69) is 17.0 Å². The average Bonchev–Trinajstić information content (AvgIpc) is 3.56. The molecular weight excluding hydrogens is 617 g/mol. The topological polar surface area (TPSA) is 78.0 Å². The zero-order valence-electron chi connectivity index (χ0n) is 24.8. The summed E-state index contributed by atoms with van der Waals surface area (Å²) in [6.45, 7) is 4.95. The van der Waals surface area contributed by atoms with E-state index in [1.807, 2.05) is 28.0 Å². The summed E-state index contributed by atoms with van der Waals surface area (Å²) >= 11 is 12.8. The third-order valence-electron chi connectivity index (χ3n) is 9.76. The minimum atomic E-state index is -3.25. The van der Waals surface area contributed by atoms with Crippen LogP contribution in [0.4, 0.5) is 0 Å². The average molecular weight is 655 g/mol. The molecule has 0 bridgehead atoms. The molecule has 3 heterocycles. The van der Waals surface area contributed by atoms with Crippen molar-refractivity contribution >= 4 is 44.9 Å². The molecule has 0 aliphatic carbocycles. The number of sulfone groups is 1. The maximum absolute atomic E-state index is 13.7. The van der Waals surface area contributed by atoms with Gasteiger partial charge in [0.15, 0.2) is 9.84 Å². The van der Waals surface area contributed by atoms with E-state index in [0.29, 0.717) is 41.8 Å². The largest absolute Gasteiger partial charge is 0.338 e. The second-order valence-electron chi connectivity index (χ2n) is 12.6. The van der Waals surface area contributed by atoms with Crippen LogP contribution in [-0.2, 0) is 21.2 Å². The SMILES string of the molecule is CS(=O)(=O)c1ccc(CN2CCC3(CCN(CC4CN(C(=O)c5c(Cl)cccc5Cl)CC4c4ccccc4)CC3)C2=O)cc1. The van der Waals surface area contributed by atoms with Crippen LogP contribution >= 0.6 is 23.2 Å². The van der Waals surface area contributed by atoms with Gasteiger partial charge in [0.1, 0.15) is 0 Å². The molecular formula is C34H37Cl2N3O4S. The Hall–Kier alpha value is -2.91. The van der Waals surface area contributed by atoms with Gasteiger partial charge in [-0.2, -0.15) is 0 Å². The molecule has 0 radical (unpaired) electrons. The van der Waals surface area contributed by atoms with E-state index in [9.17, 15) is 18.0 Å². The smallest absolute Gasteiger partial charge is 0.256 e. The summed E-state index contributed by atoms with van der Waals surface area (Å²) in [6.07, 6.45) is 3.67. The van der Waals surface area contributed by atoms with Gasteiger partial charge in [-0.1, -0.05) is 71.7 Å². The molecule has 2 atom stereocenters. The molecule has 7 nitrogen and oxygen atoms in total. The van der Waals surface area contributed by atoms with E-state index in [0.717, 1.165) is 44.5 Å². The van der Waals surface area contributed by atoms with Gasteiger partial charge in [-0.15, -0.1) is 0 Å². The van der Waals surface area contributed by atoms with Crippen molar-refractivity contribution in [3.8, 4) is 0 Å². The van der Waals surface area contributed by atoms with Crippen molar-refractivity contribution in [2.24, 2.45) is 11.3 Å². The molecule has 232 valence electrons. The molecule has 44 heavy (non-hydrogen) atoms. The second-order valence-corrected chi connectivity index (χ2v) is 15.4. The molecule has 0 aromatic heterocycles. The number of benzene rings is 3. The second kappa shape index (κ2) is 12.5. The molecule has 3 aliphatic rings. The summed E-state index contributed by atoms with van der Waals surface area (Å²) in [5.74, 6) is 0.502. The molecule has 3 fully saturated rings. The fourth-order valence-electron chi connectivity index (χ4n) is 7.23. The van der Waals surface area contributed by atoms with E-state index in [1.165, 1.54) is 11.8 Å². The van der Waals surface area contributed by atoms with E-state index in [-0.39, 0.29) is 34.0 Å². The van der Waals surface area contributed by atoms with Gasteiger partial charge in [0.25, 0.3) is 5.91 Å². The number of hydrogen-bond acceptors (Lipinski definition) is 5. The highest BCUT2D eigenvalue weighted by molar-refractivity contribution is 7.90. The molecule has 3 aromatic carbocycles. The van der Waals surface area contributed by atoms with Gasteiger partial charge in [0.2, 0.25) is 5.91 Å². The Morgan fingerprint density at radius 2 is 1.50 bits per heavy atom. The van der Waals surface area contributed by atoms with E-state index in [1.54, 1.807) is 42.5 Å². The van der Waals surface area contributed by atoms with Crippen LogP contribution in [0, 0.1) is 11.3 Å². The highest BCUT2D eigenvalue weighted by atomic mass is 35.5. The van der Waals surface area contributed by atoms with Crippen LogP contribution < -0.4 is 0 Å². The molecule has 3 aromatic rings. The van der Waals surface area contributed by atoms with Crippen LogP contribution in [0.2, 0.25) is 10.0 Å². The lowest BCUT2D eigenvalue weighted by Gasteiger charge is -2.39. The van der Waals surface area contributed by atoms with E-state index < -0.39 is 9.84 Å². The molecule has 0 N–H and O–H groups in total. The van der Waals surface area contributed by atoms with Crippen molar-refractivity contribution in [1.29, 1.82) is 0 Å². The first-order valence-electron chi connectivity index (χ1n) is 15.1. The van der Waals surface area contributed by atoms with Gasteiger partial charge in [-0.25, -0.2) is 8.42 Å². The molecule has 6 rings (SSSR count). The van der Waals surface area contributed by atoms with Gasteiger partial charge < -0.3 is 14.7 Å². The maximum atomic E-state index is 13.7. The van der Waals surface area contributed by atoms with Crippen LogP contribution in [0.25, 0.3) is 0 Å². The molecule has 2 unspecified atom stereocenters. The van der Waals surface area contributed by atoms with Gasteiger partial charge in [0, 0.05) is 44.9 Å². The maximum Gasteiger partial charge on any atom is 0.256 e. The van der Waals surface area contributed by atoms with Gasteiger partial charge >= 0.3 is 0 Å². The highest BCUT2D eigenvalue weighted by Crippen LogP contribution is 2.43. The zero-order valence-corrected chi connectivity index (χ0v) is 27.1. The first-order valence-corrected chi connectivity index (χ1v) is 17.8. The molecule has 3 aliphatic heterocycles. The Kier molecular flexibility index (Phi) is 8.81. The molecule has 2 amide bonds. The Bertz CT molecular complexity index is 1620. The van der Waals surface area contributed by atoms with Crippen LogP contribution in [0.3, 0.4) is 0 Å². The van der Waals surface area contributed by atoms with Crippen molar-refractivity contribution in [2.75, 3.05) is 45.5 Å². The number of likely N-dealkylation sites (tertiary alicyclic amines) is 3. The number of amides is 2. The van der Waals surface area contributed by atoms with E-state index in [4.69, 9.17) is 23.2 Å². The molecule has 3 saturated heterocycles. The van der Waals surface area contributed by atoms with Crippen molar-refractivity contribution in [1.82, 2.24) is 14.7 Å². The Balaban J connectivity index is 1.10. The van der Waals surface area contributed by atoms with Crippen molar-refractivity contribution in [3.05, 3.63) is 99.5 Å². The van der Waals surface area contributed by atoms with Gasteiger partial charge in [-0.3, -0.25) is 9.59 Å². The Morgan fingerprint density at radius 3 is 2.14 bits per heavy atom. The lowest BCUT2D eigenvalue weighted by atomic mass is 9.76. The number of nitrogens with zero attached hydrogens (tertiary/aromatic N) is 3. The monoisotopic (exact) mass is 653 g/mol. The summed E-state index contributed by atoms with van der Waals surface area (Å²) in [7, 11) is -3.25. The first kappa shape index (κ1) is 31.1. The quantitative estimate of drug-likeness (QED) is 0.324. The van der Waals surface area contributed by atoms with Crippen LogP contribution in [0.1, 0.15) is 46.7 Å². The minimum Gasteiger partial charge on any atom is -0.338 e. The minimum absolute atomic E-state index is 0.135. The Labute approximate surface area is 269 Å².